The Morgan fingerprint density at radius 2 is 1.55 bits per heavy atom. The Balaban J connectivity index is 0. The van der Waals surface area contributed by atoms with Gasteiger partial charge in [-0.25, -0.2) is 9.78 Å². The lowest BCUT2D eigenvalue weighted by Crippen LogP contribution is -2.11. The zero-order chi connectivity index (χ0) is 15.6. The van der Waals surface area contributed by atoms with E-state index in [9.17, 15) is 0 Å². The van der Waals surface area contributed by atoms with Crippen molar-refractivity contribution in [1.82, 2.24) is 0 Å². The monoisotopic (exact) mass is 285 g/mol. The molecule has 0 radical (unpaired) electrons. The average molecular weight is 285 g/mol. The zero-order valence-electron chi connectivity index (χ0n) is 12.8. The van der Waals surface area contributed by atoms with Crippen molar-refractivity contribution in [3.63, 3.8) is 0 Å². The summed E-state index contributed by atoms with van der Waals surface area (Å²) < 4.78 is 10.1. The Kier molecular flexibility index (Phi) is 18.4. The molecular weight excluding hydrogens is 258 g/mol. The molecule has 2 N–H and O–H groups in total. The van der Waals surface area contributed by atoms with Crippen molar-refractivity contribution in [2.24, 2.45) is 5.73 Å². The van der Waals surface area contributed by atoms with Gasteiger partial charge in [0.2, 0.25) is 0 Å². The van der Waals surface area contributed by atoms with Crippen molar-refractivity contribution < 1.29 is 19.2 Å². The van der Waals surface area contributed by atoms with Crippen LogP contribution in [0.5, 0.6) is 0 Å². The topological polar surface area (TPSA) is 62.9 Å². The molecule has 0 spiro atoms. The van der Waals surface area contributed by atoms with Crippen LogP contribution in [0, 0.1) is 0 Å². The van der Waals surface area contributed by atoms with Crippen molar-refractivity contribution in [2.75, 3.05) is 33.5 Å². The van der Waals surface area contributed by atoms with Gasteiger partial charge in [-0.3, -0.25) is 0 Å². The Morgan fingerprint density at radius 3 is 1.95 bits per heavy atom. The van der Waals surface area contributed by atoms with Crippen molar-refractivity contribution in [1.29, 1.82) is 0 Å². The molecule has 5 nitrogen and oxygen atoms in total. The SMILES string of the molecule is C=C(/C=C\C)OC(=C)/C=C\C.COOCCOCCN. The minimum atomic E-state index is 0.455. The first-order chi connectivity index (χ1) is 9.62. The predicted molar refractivity (Wildman–Crippen MR) is 81.8 cm³/mol. The van der Waals surface area contributed by atoms with Crippen LogP contribution in [-0.2, 0) is 19.2 Å². The number of ether oxygens (including phenoxy) is 2. The van der Waals surface area contributed by atoms with Gasteiger partial charge >= 0.3 is 0 Å². The van der Waals surface area contributed by atoms with Gasteiger partial charge in [0, 0.05) is 6.54 Å². The van der Waals surface area contributed by atoms with E-state index in [1.165, 1.54) is 7.11 Å². The van der Waals surface area contributed by atoms with Gasteiger partial charge in [-0.1, -0.05) is 25.3 Å². The van der Waals surface area contributed by atoms with Crippen LogP contribution in [-0.4, -0.2) is 33.5 Å². The first kappa shape index (κ1) is 20.9. The highest BCUT2D eigenvalue weighted by atomic mass is 17.2. The van der Waals surface area contributed by atoms with Crippen molar-refractivity contribution in [3.8, 4) is 0 Å². The summed E-state index contributed by atoms with van der Waals surface area (Å²) in [4.78, 5) is 8.83. The molecule has 116 valence electrons. The van der Waals surface area contributed by atoms with E-state index in [0.29, 0.717) is 37.9 Å². The maximum absolute atomic E-state index is 5.17. The smallest absolute Gasteiger partial charge is 0.119 e. The fraction of sp³-hybridized carbons (Fsp3) is 0.467. The van der Waals surface area contributed by atoms with Crippen molar-refractivity contribution in [2.45, 2.75) is 13.8 Å². The van der Waals surface area contributed by atoms with Crippen LogP contribution in [0.25, 0.3) is 0 Å². The minimum Gasteiger partial charge on any atom is -0.459 e. The van der Waals surface area contributed by atoms with Gasteiger partial charge in [0.15, 0.2) is 0 Å². The molecule has 0 fully saturated rings. The maximum atomic E-state index is 5.17. The van der Waals surface area contributed by atoms with E-state index >= 15 is 0 Å². The van der Waals surface area contributed by atoms with Crippen molar-refractivity contribution >= 4 is 0 Å². The van der Waals surface area contributed by atoms with E-state index in [4.69, 9.17) is 15.2 Å². The van der Waals surface area contributed by atoms with Crippen molar-refractivity contribution in [3.05, 3.63) is 49.0 Å². The average Bonchev–Trinajstić information content (AvgIpc) is 2.40. The second kappa shape index (κ2) is 17.6. The lowest BCUT2D eigenvalue weighted by molar-refractivity contribution is -0.277. The number of rotatable bonds is 10. The molecule has 0 atom stereocenters. The van der Waals surface area contributed by atoms with Gasteiger partial charge in [-0.2, -0.15) is 0 Å². The fourth-order valence-electron chi connectivity index (χ4n) is 0.970. The van der Waals surface area contributed by atoms with E-state index in [1.807, 2.05) is 26.0 Å². The molecule has 0 aliphatic heterocycles. The standard InChI is InChI=1S/C10H14O.C5H13NO3/c1-5-7-9(3)11-10(4)8-6-2;1-7-9-5-4-8-3-2-6/h5-8H,3-4H2,1-2H3;2-6H2,1H3/b7-5-,8-6-;. The Hall–Kier alpha value is -1.40. The second-order valence-corrected chi connectivity index (χ2v) is 3.42. The highest BCUT2D eigenvalue weighted by molar-refractivity contribution is 5.14. The molecule has 0 aliphatic carbocycles. The van der Waals surface area contributed by atoms with Gasteiger partial charge in [-0.05, 0) is 26.0 Å². The van der Waals surface area contributed by atoms with Gasteiger partial charge in [0.05, 0.1) is 20.3 Å². The van der Waals surface area contributed by atoms with E-state index in [-0.39, 0.29) is 0 Å². The Morgan fingerprint density at radius 1 is 1.00 bits per heavy atom. The Bertz CT molecular complexity index is 270. The molecular formula is C15H27NO4. The summed E-state index contributed by atoms with van der Waals surface area (Å²) in [5.74, 6) is 1.21. The van der Waals surface area contributed by atoms with Crippen LogP contribution in [0.1, 0.15) is 13.8 Å². The van der Waals surface area contributed by atoms with Crippen LogP contribution >= 0.6 is 0 Å². The third-order valence-corrected chi connectivity index (χ3v) is 1.66. The summed E-state index contributed by atoms with van der Waals surface area (Å²) >= 11 is 0. The molecule has 0 bridgehead atoms. The van der Waals surface area contributed by atoms with Crippen LogP contribution in [0.2, 0.25) is 0 Å². The summed E-state index contributed by atoms with van der Waals surface area (Å²) in [6, 6.07) is 0. The molecule has 0 amide bonds. The molecule has 0 aliphatic rings. The summed E-state index contributed by atoms with van der Waals surface area (Å²) in [7, 11) is 1.46. The minimum absolute atomic E-state index is 0.455. The van der Waals surface area contributed by atoms with E-state index < -0.39 is 0 Å². The third-order valence-electron chi connectivity index (χ3n) is 1.66. The predicted octanol–water partition coefficient (Wildman–Crippen LogP) is 2.72. The van der Waals surface area contributed by atoms with Crippen LogP contribution in [0.3, 0.4) is 0 Å². The molecule has 0 saturated carbocycles. The Labute approximate surface area is 122 Å². The number of nitrogens with two attached hydrogens (primary N) is 1. The van der Waals surface area contributed by atoms with Gasteiger partial charge in [0.1, 0.15) is 18.1 Å². The highest BCUT2D eigenvalue weighted by Crippen LogP contribution is 2.04. The first-order valence-corrected chi connectivity index (χ1v) is 6.36. The summed E-state index contributed by atoms with van der Waals surface area (Å²) in [5, 5.41) is 0. The van der Waals surface area contributed by atoms with Gasteiger partial charge in [-0.15, -0.1) is 0 Å². The molecule has 0 aromatic rings. The zero-order valence-corrected chi connectivity index (χ0v) is 12.8. The summed E-state index contributed by atoms with van der Waals surface area (Å²) in [5.41, 5.74) is 5.15. The number of hydrogen-bond donors (Lipinski definition) is 1. The molecule has 20 heavy (non-hydrogen) atoms. The molecule has 5 heteroatoms. The number of hydrogen-bond acceptors (Lipinski definition) is 5. The van der Waals surface area contributed by atoms with E-state index in [1.54, 1.807) is 12.2 Å². The molecule has 0 saturated heterocycles. The van der Waals surface area contributed by atoms with E-state index in [2.05, 4.69) is 22.9 Å². The summed E-state index contributed by atoms with van der Waals surface area (Å²) in [6.07, 6.45) is 7.31. The second-order valence-electron chi connectivity index (χ2n) is 3.42. The highest BCUT2D eigenvalue weighted by Gasteiger charge is 1.88. The molecule has 0 unspecified atom stereocenters. The summed E-state index contributed by atoms with van der Waals surface area (Å²) in [6.45, 7) is 13.3. The maximum Gasteiger partial charge on any atom is 0.119 e. The lowest BCUT2D eigenvalue weighted by atomic mass is 10.4. The molecule has 0 aromatic heterocycles. The first-order valence-electron chi connectivity index (χ1n) is 6.36. The normalized spacial score (nSPS) is 10.4. The molecule has 0 aromatic carbocycles. The van der Waals surface area contributed by atoms with Crippen LogP contribution in [0.15, 0.2) is 49.0 Å². The quantitative estimate of drug-likeness (QED) is 0.220. The van der Waals surface area contributed by atoms with Crippen LogP contribution in [0.4, 0.5) is 0 Å². The lowest BCUT2D eigenvalue weighted by Gasteiger charge is -2.02. The third kappa shape index (κ3) is 19.0. The van der Waals surface area contributed by atoms with E-state index in [0.717, 1.165) is 0 Å². The van der Waals surface area contributed by atoms with Crippen LogP contribution < -0.4 is 5.73 Å². The largest absolute Gasteiger partial charge is 0.459 e. The molecule has 0 heterocycles. The van der Waals surface area contributed by atoms with Gasteiger partial charge < -0.3 is 15.2 Å². The molecule has 0 rings (SSSR count). The fourth-order valence-corrected chi connectivity index (χ4v) is 0.970. The number of allylic oxidation sites excluding steroid dienone is 4. The van der Waals surface area contributed by atoms with Gasteiger partial charge in [0.25, 0.3) is 0 Å².